The van der Waals surface area contributed by atoms with Gasteiger partial charge in [0.15, 0.2) is 0 Å². The maximum absolute atomic E-state index is 13.1. The molecular weight excluding hydrogens is 394 g/mol. The quantitative estimate of drug-likeness (QED) is 0.650. The first-order valence-corrected chi connectivity index (χ1v) is 10.6. The van der Waals surface area contributed by atoms with Crippen LogP contribution in [0, 0.1) is 5.92 Å². The Kier molecular flexibility index (Phi) is 8.00. The number of carbonyl (C=O) groups is 2. The average molecular weight is 426 g/mol. The highest BCUT2D eigenvalue weighted by atomic mass is 16.5. The van der Waals surface area contributed by atoms with Crippen molar-refractivity contribution >= 4 is 11.8 Å². The number of pyridine rings is 1. The van der Waals surface area contributed by atoms with Crippen molar-refractivity contribution in [3.05, 3.63) is 59.9 Å². The summed E-state index contributed by atoms with van der Waals surface area (Å²) in [5.41, 5.74) is 1.82. The Morgan fingerprint density at radius 2 is 2.00 bits per heavy atom. The molecule has 2 amide bonds. The standard InChI is InChI=1S/C24H31N3O4/c1-18(2)13-26-14-22(31-17-20-7-5-9-25-12-20)15-27(16-24(26)29)23(28)11-19-6-4-8-21(10-19)30-3/h4-10,12,18,22H,11,13-17H2,1-3H3/t22-/m1/s1. The van der Waals surface area contributed by atoms with E-state index in [-0.39, 0.29) is 30.9 Å². The Labute approximate surface area is 184 Å². The van der Waals surface area contributed by atoms with Crippen molar-refractivity contribution in [2.45, 2.75) is 33.0 Å². The lowest BCUT2D eigenvalue weighted by molar-refractivity contribution is -0.138. The van der Waals surface area contributed by atoms with E-state index in [9.17, 15) is 9.59 Å². The molecule has 0 radical (unpaired) electrons. The fourth-order valence-corrected chi connectivity index (χ4v) is 3.66. The first kappa shape index (κ1) is 22.7. The minimum atomic E-state index is -0.264. The second-order valence-corrected chi connectivity index (χ2v) is 8.29. The zero-order valence-corrected chi connectivity index (χ0v) is 18.5. The molecule has 1 aliphatic rings. The van der Waals surface area contributed by atoms with Gasteiger partial charge in [0.2, 0.25) is 11.8 Å². The molecule has 2 aromatic rings. The monoisotopic (exact) mass is 425 g/mol. The second-order valence-electron chi connectivity index (χ2n) is 8.29. The van der Waals surface area contributed by atoms with E-state index in [0.717, 1.165) is 11.1 Å². The van der Waals surface area contributed by atoms with Crippen LogP contribution in [0.1, 0.15) is 25.0 Å². The predicted octanol–water partition coefficient (Wildman–Crippen LogP) is 2.54. The van der Waals surface area contributed by atoms with Gasteiger partial charge in [-0.3, -0.25) is 14.6 Å². The van der Waals surface area contributed by atoms with Crippen molar-refractivity contribution in [1.82, 2.24) is 14.8 Å². The van der Waals surface area contributed by atoms with E-state index in [1.807, 2.05) is 41.3 Å². The minimum absolute atomic E-state index is 0.0415. The topological polar surface area (TPSA) is 72.0 Å². The van der Waals surface area contributed by atoms with Gasteiger partial charge in [-0.1, -0.05) is 32.0 Å². The van der Waals surface area contributed by atoms with Crippen molar-refractivity contribution in [2.75, 3.05) is 33.3 Å². The highest BCUT2D eigenvalue weighted by Gasteiger charge is 2.31. The molecule has 1 aliphatic heterocycles. The number of amides is 2. The SMILES string of the molecule is COc1cccc(CC(=O)N2CC(=O)N(CC(C)C)C[C@@H](OCc3cccnc3)C2)c1. The molecule has 0 N–H and O–H groups in total. The molecule has 31 heavy (non-hydrogen) atoms. The number of ether oxygens (including phenoxy) is 2. The summed E-state index contributed by atoms with van der Waals surface area (Å²) in [7, 11) is 1.60. The van der Waals surface area contributed by atoms with Gasteiger partial charge in [-0.05, 0) is 35.2 Å². The summed E-state index contributed by atoms with van der Waals surface area (Å²) < 4.78 is 11.4. The summed E-state index contributed by atoms with van der Waals surface area (Å²) >= 11 is 0. The Morgan fingerprint density at radius 1 is 1.19 bits per heavy atom. The molecule has 1 saturated heterocycles. The molecular formula is C24H31N3O4. The summed E-state index contributed by atoms with van der Waals surface area (Å²) in [5, 5.41) is 0. The molecule has 2 heterocycles. The van der Waals surface area contributed by atoms with Crippen LogP contribution >= 0.6 is 0 Å². The molecule has 0 aliphatic carbocycles. The van der Waals surface area contributed by atoms with Gasteiger partial charge in [0.05, 0.1) is 32.8 Å². The molecule has 1 atom stereocenters. The van der Waals surface area contributed by atoms with E-state index in [2.05, 4.69) is 18.8 Å². The van der Waals surface area contributed by atoms with Crippen molar-refractivity contribution in [1.29, 1.82) is 0 Å². The molecule has 1 aromatic heterocycles. The average Bonchev–Trinajstić information content (AvgIpc) is 2.91. The third-order valence-electron chi connectivity index (χ3n) is 5.16. The number of nitrogens with zero attached hydrogens (tertiary/aromatic N) is 3. The lowest BCUT2D eigenvalue weighted by Gasteiger charge is -2.26. The van der Waals surface area contributed by atoms with Gasteiger partial charge in [0.1, 0.15) is 5.75 Å². The Balaban J connectivity index is 1.72. The molecule has 1 fully saturated rings. The summed E-state index contributed by atoms with van der Waals surface area (Å²) in [6.45, 7) is 6.11. The van der Waals surface area contributed by atoms with Crippen LogP contribution in [0.4, 0.5) is 0 Å². The number of methoxy groups -OCH3 is 1. The fourth-order valence-electron chi connectivity index (χ4n) is 3.66. The molecule has 3 rings (SSSR count). The molecule has 0 saturated carbocycles. The van der Waals surface area contributed by atoms with Gasteiger partial charge >= 0.3 is 0 Å². The summed E-state index contributed by atoms with van der Waals surface area (Å²) in [5.74, 6) is 0.906. The molecule has 7 heteroatoms. The Hall–Kier alpha value is -2.93. The maximum Gasteiger partial charge on any atom is 0.242 e. The van der Waals surface area contributed by atoms with Gasteiger partial charge in [0.25, 0.3) is 0 Å². The number of aromatic nitrogens is 1. The van der Waals surface area contributed by atoms with Gasteiger partial charge in [-0.2, -0.15) is 0 Å². The van der Waals surface area contributed by atoms with Crippen LogP contribution < -0.4 is 4.74 Å². The number of rotatable bonds is 8. The molecule has 0 unspecified atom stereocenters. The van der Waals surface area contributed by atoms with E-state index >= 15 is 0 Å². The van der Waals surface area contributed by atoms with Crippen molar-refractivity contribution in [2.24, 2.45) is 5.92 Å². The molecule has 166 valence electrons. The first-order valence-electron chi connectivity index (χ1n) is 10.6. The number of hydrogen-bond donors (Lipinski definition) is 0. The third-order valence-corrected chi connectivity index (χ3v) is 5.16. The molecule has 7 nitrogen and oxygen atoms in total. The number of carbonyl (C=O) groups excluding carboxylic acids is 2. The number of hydrogen-bond acceptors (Lipinski definition) is 5. The lowest BCUT2D eigenvalue weighted by Crippen LogP contribution is -2.41. The molecule has 0 spiro atoms. The van der Waals surface area contributed by atoms with Crippen LogP contribution in [0.5, 0.6) is 5.75 Å². The van der Waals surface area contributed by atoms with Crippen LogP contribution in [-0.2, 0) is 27.4 Å². The largest absolute Gasteiger partial charge is 0.497 e. The normalized spacial score (nSPS) is 17.0. The van der Waals surface area contributed by atoms with Crippen LogP contribution in [0.25, 0.3) is 0 Å². The summed E-state index contributed by atoms with van der Waals surface area (Å²) in [4.78, 5) is 33.5. The Morgan fingerprint density at radius 3 is 2.71 bits per heavy atom. The zero-order valence-electron chi connectivity index (χ0n) is 18.5. The van der Waals surface area contributed by atoms with Crippen molar-refractivity contribution in [3.63, 3.8) is 0 Å². The maximum atomic E-state index is 13.1. The van der Waals surface area contributed by atoms with E-state index in [0.29, 0.717) is 37.9 Å². The smallest absolute Gasteiger partial charge is 0.242 e. The first-order chi connectivity index (χ1) is 14.9. The summed E-state index contributed by atoms with van der Waals surface area (Å²) in [6, 6.07) is 11.3. The van der Waals surface area contributed by atoms with Gasteiger partial charge < -0.3 is 19.3 Å². The van der Waals surface area contributed by atoms with E-state index < -0.39 is 0 Å². The van der Waals surface area contributed by atoms with Gasteiger partial charge in [-0.15, -0.1) is 0 Å². The predicted molar refractivity (Wildman–Crippen MR) is 118 cm³/mol. The lowest BCUT2D eigenvalue weighted by atomic mass is 10.1. The molecule has 1 aromatic carbocycles. The molecule has 0 bridgehead atoms. The van der Waals surface area contributed by atoms with E-state index in [1.165, 1.54) is 0 Å². The third kappa shape index (κ3) is 6.79. The second kappa shape index (κ2) is 10.9. The van der Waals surface area contributed by atoms with E-state index in [1.54, 1.807) is 24.4 Å². The highest BCUT2D eigenvalue weighted by molar-refractivity contribution is 5.86. The highest BCUT2D eigenvalue weighted by Crippen LogP contribution is 2.16. The van der Waals surface area contributed by atoms with Gasteiger partial charge in [0, 0.05) is 32.0 Å². The van der Waals surface area contributed by atoms with Crippen LogP contribution in [0.3, 0.4) is 0 Å². The van der Waals surface area contributed by atoms with Gasteiger partial charge in [-0.25, -0.2) is 0 Å². The fraction of sp³-hybridized carbons (Fsp3) is 0.458. The van der Waals surface area contributed by atoms with Crippen LogP contribution in [0.2, 0.25) is 0 Å². The Bertz CT molecular complexity index is 872. The number of benzene rings is 1. The summed E-state index contributed by atoms with van der Waals surface area (Å²) in [6.07, 6.45) is 3.43. The van der Waals surface area contributed by atoms with Crippen LogP contribution in [0.15, 0.2) is 48.8 Å². The van der Waals surface area contributed by atoms with Crippen LogP contribution in [-0.4, -0.2) is 66.0 Å². The van der Waals surface area contributed by atoms with Crippen molar-refractivity contribution in [3.8, 4) is 5.75 Å². The minimum Gasteiger partial charge on any atom is -0.497 e. The van der Waals surface area contributed by atoms with Crippen molar-refractivity contribution < 1.29 is 19.1 Å². The van der Waals surface area contributed by atoms with E-state index in [4.69, 9.17) is 9.47 Å². The zero-order chi connectivity index (χ0) is 22.2.